The van der Waals surface area contributed by atoms with Crippen molar-refractivity contribution in [2.24, 2.45) is 5.41 Å². The Kier molecular flexibility index (Phi) is 4.75. The average molecular weight is 296 g/mol. The molecule has 2 rings (SSSR count). The highest BCUT2D eigenvalue weighted by Crippen LogP contribution is 2.44. The summed E-state index contributed by atoms with van der Waals surface area (Å²) < 4.78 is 0. The van der Waals surface area contributed by atoms with Crippen LogP contribution in [0.3, 0.4) is 0 Å². The van der Waals surface area contributed by atoms with Gasteiger partial charge in [-0.05, 0) is 18.3 Å². The van der Waals surface area contributed by atoms with Gasteiger partial charge >= 0.3 is 5.97 Å². The molecule has 20 heavy (non-hydrogen) atoms. The molecule has 110 valence electrons. The Morgan fingerprint density at radius 1 is 1.40 bits per heavy atom. The molecular formula is C14H20N2O3S. The second-order valence-corrected chi connectivity index (χ2v) is 6.40. The summed E-state index contributed by atoms with van der Waals surface area (Å²) in [5.41, 5.74) is 2.29. The van der Waals surface area contributed by atoms with Crippen LogP contribution < -0.4 is 0 Å². The maximum absolute atomic E-state index is 12.3. The van der Waals surface area contributed by atoms with Crippen molar-refractivity contribution < 1.29 is 14.7 Å². The summed E-state index contributed by atoms with van der Waals surface area (Å²) in [4.78, 5) is 29.2. The number of carboxylic acid groups (broad SMARTS) is 1. The number of hydrogen-bond acceptors (Lipinski definition) is 4. The molecule has 0 atom stereocenters. The standard InChI is InChI=1S/C14H20N2O3S/c1-16(8-11-9-20-10-15-11)12(17)6-14(7-13(18)19)4-2-3-5-14/h9-10H,2-8H2,1H3,(H,18,19). The number of rotatable bonds is 6. The van der Waals surface area contributed by atoms with Gasteiger partial charge in [-0.15, -0.1) is 11.3 Å². The summed E-state index contributed by atoms with van der Waals surface area (Å²) >= 11 is 1.51. The van der Waals surface area contributed by atoms with Gasteiger partial charge in [-0.2, -0.15) is 0 Å². The normalized spacial score (nSPS) is 17.1. The number of nitrogens with zero attached hydrogens (tertiary/aromatic N) is 2. The molecule has 5 nitrogen and oxygen atoms in total. The van der Waals surface area contributed by atoms with Gasteiger partial charge in [-0.3, -0.25) is 9.59 Å². The van der Waals surface area contributed by atoms with Crippen molar-refractivity contribution in [2.45, 2.75) is 45.1 Å². The van der Waals surface area contributed by atoms with Gasteiger partial charge in [0.2, 0.25) is 5.91 Å². The molecule has 1 aromatic rings. The molecular weight excluding hydrogens is 276 g/mol. The van der Waals surface area contributed by atoms with E-state index in [0.29, 0.717) is 13.0 Å². The van der Waals surface area contributed by atoms with Gasteiger partial charge in [-0.25, -0.2) is 4.98 Å². The largest absolute Gasteiger partial charge is 0.481 e. The average Bonchev–Trinajstić information content (AvgIpc) is 3.00. The lowest BCUT2D eigenvalue weighted by atomic mass is 9.79. The first-order valence-corrected chi connectivity index (χ1v) is 7.78. The Hall–Kier alpha value is -1.43. The number of aliphatic carboxylic acids is 1. The highest BCUT2D eigenvalue weighted by molar-refractivity contribution is 7.07. The number of hydrogen-bond donors (Lipinski definition) is 1. The lowest BCUT2D eigenvalue weighted by Gasteiger charge is -2.28. The van der Waals surface area contributed by atoms with E-state index in [0.717, 1.165) is 31.4 Å². The van der Waals surface area contributed by atoms with E-state index in [1.807, 2.05) is 5.38 Å². The maximum Gasteiger partial charge on any atom is 0.303 e. The van der Waals surface area contributed by atoms with E-state index >= 15 is 0 Å². The van der Waals surface area contributed by atoms with Crippen LogP contribution in [0.15, 0.2) is 10.9 Å². The first kappa shape index (κ1) is 15.0. The minimum absolute atomic E-state index is 0.0150. The molecule has 1 saturated carbocycles. The van der Waals surface area contributed by atoms with Crippen LogP contribution in [0.4, 0.5) is 0 Å². The first-order chi connectivity index (χ1) is 9.51. The van der Waals surface area contributed by atoms with Crippen LogP contribution in [-0.4, -0.2) is 33.9 Å². The van der Waals surface area contributed by atoms with Crippen molar-refractivity contribution in [1.29, 1.82) is 0 Å². The zero-order valence-electron chi connectivity index (χ0n) is 11.7. The van der Waals surface area contributed by atoms with Crippen molar-refractivity contribution in [1.82, 2.24) is 9.88 Å². The predicted octanol–water partition coefficient (Wildman–Crippen LogP) is 2.53. The Labute approximate surface area is 122 Å². The zero-order chi connectivity index (χ0) is 14.6. The highest BCUT2D eigenvalue weighted by atomic mass is 32.1. The van der Waals surface area contributed by atoms with Gasteiger partial charge in [0.15, 0.2) is 0 Å². The summed E-state index contributed by atoms with van der Waals surface area (Å²) in [5, 5.41) is 11.0. The summed E-state index contributed by atoms with van der Waals surface area (Å²) in [6.45, 7) is 0.492. The maximum atomic E-state index is 12.3. The second-order valence-electron chi connectivity index (χ2n) is 5.68. The van der Waals surface area contributed by atoms with Crippen LogP contribution in [0.2, 0.25) is 0 Å². The molecule has 0 saturated heterocycles. The monoisotopic (exact) mass is 296 g/mol. The minimum atomic E-state index is -0.804. The van der Waals surface area contributed by atoms with Crippen LogP contribution in [0.25, 0.3) is 0 Å². The van der Waals surface area contributed by atoms with E-state index < -0.39 is 5.97 Å². The first-order valence-electron chi connectivity index (χ1n) is 6.84. The van der Waals surface area contributed by atoms with Crippen molar-refractivity contribution >= 4 is 23.2 Å². The number of aromatic nitrogens is 1. The smallest absolute Gasteiger partial charge is 0.303 e. The van der Waals surface area contributed by atoms with E-state index in [1.165, 1.54) is 11.3 Å². The van der Waals surface area contributed by atoms with Crippen molar-refractivity contribution in [3.05, 3.63) is 16.6 Å². The number of carboxylic acids is 1. The van der Waals surface area contributed by atoms with Crippen LogP contribution in [-0.2, 0) is 16.1 Å². The molecule has 6 heteroatoms. The van der Waals surface area contributed by atoms with Gasteiger partial charge < -0.3 is 10.0 Å². The fraction of sp³-hybridized carbons (Fsp3) is 0.643. The predicted molar refractivity (Wildman–Crippen MR) is 76.4 cm³/mol. The van der Waals surface area contributed by atoms with E-state index in [4.69, 9.17) is 5.11 Å². The molecule has 1 aliphatic rings. The molecule has 1 amide bonds. The topological polar surface area (TPSA) is 70.5 Å². The molecule has 0 spiro atoms. The van der Waals surface area contributed by atoms with E-state index in [2.05, 4.69) is 4.98 Å². The van der Waals surface area contributed by atoms with Gasteiger partial charge in [0.1, 0.15) is 0 Å². The molecule has 1 N–H and O–H groups in total. The fourth-order valence-electron chi connectivity index (χ4n) is 2.96. The molecule has 0 bridgehead atoms. The third-order valence-corrected chi connectivity index (χ3v) is 4.66. The van der Waals surface area contributed by atoms with Crippen LogP contribution in [0.1, 0.15) is 44.2 Å². The highest BCUT2D eigenvalue weighted by Gasteiger charge is 2.38. The van der Waals surface area contributed by atoms with E-state index in [1.54, 1.807) is 17.5 Å². The third-order valence-electron chi connectivity index (χ3n) is 4.03. The third kappa shape index (κ3) is 3.79. The van der Waals surface area contributed by atoms with Crippen LogP contribution in [0, 0.1) is 5.41 Å². The molecule has 1 heterocycles. The number of carbonyl (C=O) groups excluding carboxylic acids is 1. The summed E-state index contributed by atoms with van der Waals surface area (Å²) in [6.07, 6.45) is 4.17. The SMILES string of the molecule is CN(Cc1cscn1)C(=O)CC1(CC(=O)O)CCCC1. The van der Waals surface area contributed by atoms with E-state index in [-0.39, 0.29) is 17.7 Å². The number of thiazole rings is 1. The number of amides is 1. The molecule has 1 aliphatic carbocycles. The lowest BCUT2D eigenvalue weighted by molar-refractivity contribution is -0.141. The van der Waals surface area contributed by atoms with Crippen molar-refractivity contribution in [2.75, 3.05) is 7.05 Å². The molecule has 0 unspecified atom stereocenters. The molecule has 1 aromatic heterocycles. The summed E-state index contributed by atoms with van der Waals surface area (Å²) in [5.74, 6) is -0.789. The molecule has 0 aliphatic heterocycles. The van der Waals surface area contributed by atoms with E-state index in [9.17, 15) is 9.59 Å². The van der Waals surface area contributed by atoms with Crippen molar-refractivity contribution in [3.8, 4) is 0 Å². The lowest BCUT2D eigenvalue weighted by Crippen LogP contribution is -2.33. The van der Waals surface area contributed by atoms with Gasteiger partial charge in [0.25, 0.3) is 0 Å². The minimum Gasteiger partial charge on any atom is -0.481 e. The summed E-state index contributed by atoms with van der Waals surface area (Å²) in [7, 11) is 1.76. The molecule has 0 aromatic carbocycles. The quantitative estimate of drug-likeness (QED) is 0.875. The number of carbonyl (C=O) groups is 2. The van der Waals surface area contributed by atoms with Crippen LogP contribution in [0.5, 0.6) is 0 Å². The van der Waals surface area contributed by atoms with Crippen LogP contribution >= 0.6 is 11.3 Å². The molecule has 0 radical (unpaired) electrons. The fourth-order valence-corrected chi connectivity index (χ4v) is 3.51. The Bertz CT molecular complexity index is 467. The van der Waals surface area contributed by atoms with Gasteiger partial charge in [0.05, 0.1) is 24.2 Å². The Morgan fingerprint density at radius 3 is 2.65 bits per heavy atom. The van der Waals surface area contributed by atoms with Crippen molar-refractivity contribution in [3.63, 3.8) is 0 Å². The zero-order valence-corrected chi connectivity index (χ0v) is 12.5. The van der Waals surface area contributed by atoms with Gasteiger partial charge in [-0.1, -0.05) is 12.8 Å². The van der Waals surface area contributed by atoms with Gasteiger partial charge in [0, 0.05) is 18.8 Å². The Morgan fingerprint density at radius 2 is 2.10 bits per heavy atom. The second kappa shape index (κ2) is 6.35. The molecule has 1 fully saturated rings. The Balaban J connectivity index is 1.95. The summed E-state index contributed by atoms with van der Waals surface area (Å²) in [6, 6.07) is 0.